The van der Waals surface area contributed by atoms with Crippen LogP contribution in [0.4, 0.5) is 0 Å². The van der Waals surface area contributed by atoms with Crippen molar-refractivity contribution in [2.75, 3.05) is 0 Å². The second-order valence-corrected chi connectivity index (χ2v) is 5.00. The summed E-state index contributed by atoms with van der Waals surface area (Å²) in [5.41, 5.74) is 3.92. The number of carbonyl (C=O) groups is 1. The number of aromatic nitrogens is 1. The Bertz CT molecular complexity index is 578. The number of hydrogen-bond acceptors (Lipinski definition) is 4. The molecule has 18 heavy (non-hydrogen) atoms. The van der Waals surface area contributed by atoms with Crippen LogP contribution >= 0.6 is 11.3 Å². The van der Waals surface area contributed by atoms with Crippen LogP contribution in [0.15, 0.2) is 23.7 Å². The molecule has 1 aromatic heterocycles. The molecular weight excluding hydrogens is 248 g/mol. The van der Waals surface area contributed by atoms with Gasteiger partial charge in [-0.15, -0.1) is 11.3 Å². The SMILES string of the molecule is Cc1ccc(O)c(C(=O)NCc2scnc2C)c1. The fraction of sp³-hybridized carbons (Fsp3) is 0.231. The van der Waals surface area contributed by atoms with Crippen LogP contribution in [-0.2, 0) is 6.54 Å². The number of phenolic OH excluding ortho intramolecular Hbond substituents is 1. The van der Waals surface area contributed by atoms with E-state index in [2.05, 4.69) is 10.3 Å². The normalized spacial score (nSPS) is 10.3. The standard InChI is InChI=1S/C13H14N2O2S/c1-8-3-4-11(16)10(5-8)13(17)14-6-12-9(2)15-7-18-12/h3-5,7,16H,6H2,1-2H3,(H,14,17). The third-order valence-electron chi connectivity index (χ3n) is 2.65. The molecule has 94 valence electrons. The minimum atomic E-state index is -0.274. The van der Waals surface area contributed by atoms with Gasteiger partial charge in [-0.05, 0) is 26.0 Å². The molecule has 2 rings (SSSR count). The molecule has 5 heteroatoms. The molecule has 2 N–H and O–H groups in total. The summed E-state index contributed by atoms with van der Waals surface area (Å²) < 4.78 is 0. The lowest BCUT2D eigenvalue weighted by Gasteiger charge is -2.07. The lowest BCUT2D eigenvalue weighted by molar-refractivity contribution is 0.0948. The van der Waals surface area contributed by atoms with E-state index in [-0.39, 0.29) is 11.7 Å². The molecule has 1 heterocycles. The van der Waals surface area contributed by atoms with Crippen LogP contribution in [-0.4, -0.2) is 16.0 Å². The zero-order valence-corrected chi connectivity index (χ0v) is 11.0. The third-order valence-corrected chi connectivity index (χ3v) is 3.59. The van der Waals surface area contributed by atoms with Crippen LogP contribution in [0, 0.1) is 13.8 Å². The lowest BCUT2D eigenvalue weighted by atomic mass is 10.1. The van der Waals surface area contributed by atoms with Gasteiger partial charge >= 0.3 is 0 Å². The van der Waals surface area contributed by atoms with E-state index in [1.165, 1.54) is 17.4 Å². The molecule has 0 saturated heterocycles. The Morgan fingerprint density at radius 2 is 2.22 bits per heavy atom. The Morgan fingerprint density at radius 1 is 1.44 bits per heavy atom. The van der Waals surface area contributed by atoms with Gasteiger partial charge in [0.2, 0.25) is 0 Å². The van der Waals surface area contributed by atoms with Crippen molar-refractivity contribution in [3.63, 3.8) is 0 Å². The smallest absolute Gasteiger partial charge is 0.255 e. The Morgan fingerprint density at radius 3 is 2.89 bits per heavy atom. The molecule has 2 aromatic rings. The number of hydrogen-bond donors (Lipinski definition) is 2. The van der Waals surface area contributed by atoms with Gasteiger partial charge in [-0.25, -0.2) is 4.98 Å². The zero-order chi connectivity index (χ0) is 13.1. The number of nitrogens with zero attached hydrogens (tertiary/aromatic N) is 1. The van der Waals surface area contributed by atoms with Crippen LogP contribution in [0.2, 0.25) is 0 Å². The van der Waals surface area contributed by atoms with Crippen molar-refractivity contribution in [3.05, 3.63) is 45.4 Å². The van der Waals surface area contributed by atoms with Gasteiger partial charge in [0, 0.05) is 4.88 Å². The summed E-state index contributed by atoms with van der Waals surface area (Å²) in [6.45, 7) is 4.22. The maximum Gasteiger partial charge on any atom is 0.255 e. The largest absolute Gasteiger partial charge is 0.507 e. The van der Waals surface area contributed by atoms with E-state index in [9.17, 15) is 9.90 Å². The molecule has 0 spiro atoms. The Balaban J connectivity index is 2.08. The molecule has 0 saturated carbocycles. The number of thiazole rings is 1. The first-order chi connectivity index (χ1) is 8.58. The predicted octanol–water partition coefficient (Wildman–Crippen LogP) is 2.40. The molecule has 0 fully saturated rings. The Kier molecular flexibility index (Phi) is 3.62. The number of carbonyl (C=O) groups excluding carboxylic acids is 1. The van der Waals surface area contributed by atoms with Crippen LogP contribution < -0.4 is 5.32 Å². The highest BCUT2D eigenvalue weighted by atomic mass is 32.1. The molecule has 0 atom stereocenters. The van der Waals surface area contributed by atoms with E-state index in [0.29, 0.717) is 12.1 Å². The zero-order valence-electron chi connectivity index (χ0n) is 10.2. The van der Waals surface area contributed by atoms with Crippen molar-refractivity contribution in [1.82, 2.24) is 10.3 Å². The van der Waals surface area contributed by atoms with Crippen molar-refractivity contribution in [2.24, 2.45) is 0 Å². The first-order valence-electron chi connectivity index (χ1n) is 5.54. The van der Waals surface area contributed by atoms with E-state index < -0.39 is 0 Å². The average Bonchev–Trinajstić information content (AvgIpc) is 2.75. The van der Waals surface area contributed by atoms with Crippen molar-refractivity contribution >= 4 is 17.2 Å². The topological polar surface area (TPSA) is 62.2 Å². The second-order valence-electron chi connectivity index (χ2n) is 4.06. The van der Waals surface area contributed by atoms with Gasteiger partial charge in [-0.1, -0.05) is 11.6 Å². The monoisotopic (exact) mass is 262 g/mol. The summed E-state index contributed by atoms with van der Waals surface area (Å²) in [4.78, 5) is 17.1. The summed E-state index contributed by atoms with van der Waals surface area (Å²) in [5, 5.41) is 12.4. The molecular formula is C13H14N2O2S. The number of aryl methyl sites for hydroxylation is 2. The number of aromatic hydroxyl groups is 1. The fourth-order valence-electron chi connectivity index (χ4n) is 1.58. The maximum atomic E-state index is 11.9. The number of amides is 1. The first-order valence-corrected chi connectivity index (χ1v) is 6.42. The van der Waals surface area contributed by atoms with Crippen molar-refractivity contribution in [3.8, 4) is 5.75 Å². The van der Waals surface area contributed by atoms with E-state index >= 15 is 0 Å². The van der Waals surface area contributed by atoms with Gasteiger partial charge in [0.25, 0.3) is 5.91 Å². The highest BCUT2D eigenvalue weighted by Gasteiger charge is 2.11. The summed E-state index contributed by atoms with van der Waals surface area (Å²) >= 11 is 1.51. The van der Waals surface area contributed by atoms with Gasteiger partial charge in [-0.3, -0.25) is 4.79 Å². The molecule has 0 bridgehead atoms. The molecule has 0 aliphatic heterocycles. The van der Waals surface area contributed by atoms with E-state index in [0.717, 1.165) is 16.1 Å². The lowest BCUT2D eigenvalue weighted by Crippen LogP contribution is -2.22. The van der Waals surface area contributed by atoms with Crippen molar-refractivity contribution in [1.29, 1.82) is 0 Å². The molecule has 0 aliphatic carbocycles. The molecule has 0 unspecified atom stereocenters. The van der Waals surface area contributed by atoms with E-state index in [1.807, 2.05) is 13.8 Å². The molecule has 4 nitrogen and oxygen atoms in total. The number of rotatable bonds is 3. The summed E-state index contributed by atoms with van der Waals surface area (Å²) in [6, 6.07) is 4.96. The number of phenols is 1. The summed E-state index contributed by atoms with van der Waals surface area (Å²) in [5.74, 6) is -0.275. The van der Waals surface area contributed by atoms with Crippen LogP contribution in [0.25, 0.3) is 0 Å². The van der Waals surface area contributed by atoms with Gasteiger partial charge in [0.1, 0.15) is 5.75 Å². The van der Waals surface area contributed by atoms with Gasteiger partial charge in [0.15, 0.2) is 0 Å². The summed E-state index contributed by atoms with van der Waals surface area (Å²) in [7, 11) is 0. The second kappa shape index (κ2) is 5.18. The Labute approximate surface area is 109 Å². The number of nitrogens with one attached hydrogen (secondary N) is 1. The van der Waals surface area contributed by atoms with Crippen LogP contribution in [0.1, 0.15) is 26.5 Å². The fourth-order valence-corrected chi connectivity index (χ4v) is 2.30. The minimum Gasteiger partial charge on any atom is -0.507 e. The summed E-state index contributed by atoms with van der Waals surface area (Å²) in [6.07, 6.45) is 0. The van der Waals surface area contributed by atoms with Crippen LogP contribution in [0.5, 0.6) is 5.75 Å². The molecule has 1 aromatic carbocycles. The van der Waals surface area contributed by atoms with Gasteiger partial charge < -0.3 is 10.4 Å². The molecule has 1 amide bonds. The van der Waals surface area contributed by atoms with E-state index in [4.69, 9.17) is 0 Å². The third kappa shape index (κ3) is 2.68. The van der Waals surface area contributed by atoms with Crippen LogP contribution in [0.3, 0.4) is 0 Å². The molecule has 0 radical (unpaired) electrons. The highest BCUT2D eigenvalue weighted by molar-refractivity contribution is 7.09. The molecule has 0 aliphatic rings. The minimum absolute atomic E-state index is 0.000809. The van der Waals surface area contributed by atoms with Gasteiger partial charge in [0.05, 0.1) is 23.3 Å². The predicted molar refractivity (Wildman–Crippen MR) is 70.9 cm³/mol. The van der Waals surface area contributed by atoms with E-state index in [1.54, 1.807) is 17.6 Å². The number of benzene rings is 1. The van der Waals surface area contributed by atoms with Gasteiger partial charge in [-0.2, -0.15) is 0 Å². The first kappa shape index (κ1) is 12.6. The maximum absolute atomic E-state index is 11.9. The average molecular weight is 262 g/mol. The Hall–Kier alpha value is -1.88. The van der Waals surface area contributed by atoms with Crippen molar-refractivity contribution < 1.29 is 9.90 Å². The van der Waals surface area contributed by atoms with Crippen molar-refractivity contribution in [2.45, 2.75) is 20.4 Å². The quantitative estimate of drug-likeness (QED) is 0.892. The highest BCUT2D eigenvalue weighted by Crippen LogP contribution is 2.18.